The van der Waals surface area contributed by atoms with Crippen LogP contribution in [0.2, 0.25) is 5.02 Å². The van der Waals surface area contributed by atoms with Crippen molar-refractivity contribution >= 4 is 17.5 Å². The van der Waals surface area contributed by atoms with E-state index in [9.17, 15) is 4.79 Å². The Bertz CT molecular complexity index is 1280. The minimum atomic E-state index is -0.761. The van der Waals surface area contributed by atoms with Crippen LogP contribution in [0.3, 0.4) is 0 Å². The SMILES string of the molecule is COCCOc1ccc(C(N)=O)c(-c2cc(C(c3ccccc3)c3ccc[nH]3)ccc2Cl)c1F. The fourth-order valence-corrected chi connectivity index (χ4v) is 4.22. The molecule has 0 saturated carbocycles. The maximum absolute atomic E-state index is 15.7. The monoisotopic (exact) mass is 478 g/mol. The van der Waals surface area contributed by atoms with Crippen LogP contribution in [0, 0.1) is 5.82 Å². The fraction of sp³-hybridized carbons (Fsp3) is 0.148. The molecule has 1 aromatic heterocycles. The number of hydrogen-bond donors (Lipinski definition) is 2. The smallest absolute Gasteiger partial charge is 0.249 e. The zero-order valence-electron chi connectivity index (χ0n) is 18.6. The summed E-state index contributed by atoms with van der Waals surface area (Å²) in [4.78, 5) is 15.5. The molecule has 0 spiro atoms. The van der Waals surface area contributed by atoms with Crippen molar-refractivity contribution in [3.8, 4) is 16.9 Å². The minimum absolute atomic E-state index is 0.00700. The van der Waals surface area contributed by atoms with Crippen molar-refractivity contribution in [1.29, 1.82) is 0 Å². The molecule has 0 aliphatic rings. The first-order valence-corrected chi connectivity index (χ1v) is 11.1. The van der Waals surface area contributed by atoms with E-state index in [1.54, 1.807) is 12.1 Å². The van der Waals surface area contributed by atoms with Gasteiger partial charge in [0.2, 0.25) is 5.91 Å². The zero-order chi connectivity index (χ0) is 24.1. The average molecular weight is 479 g/mol. The number of rotatable bonds is 9. The third kappa shape index (κ3) is 4.83. The quantitative estimate of drug-likeness (QED) is 0.299. The minimum Gasteiger partial charge on any atom is -0.488 e. The molecule has 34 heavy (non-hydrogen) atoms. The number of halogens is 2. The van der Waals surface area contributed by atoms with E-state index in [-0.39, 0.29) is 41.0 Å². The Morgan fingerprint density at radius 3 is 2.50 bits per heavy atom. The lowest BCUT2D eigenvalue weighted by Gasteiger charge is -2.20. The van der Waals surface area contributed by atoms with Crippen LogP contribution in [0.1, 0.15) is 33.1 Å². The van der Waals surface area contributed by atoms with Crippen molar-refractivity contribution in [3.05, 3.63) is 112 Å². The third-order valence-electron chi connectivity index (χ3n) is 5.58. The number of aromatic nitrogens is 1. The molecule has 1 heterocycles. The van der Waals surface area contributed by atoms with E-state index in [0.717, 1.165) is 16.8 Å². The molecule has 4 rings (SSSR count). The molecule has 5 nitrogen and oxygen atoms in total. The summed E-state index contributed by atoms with van der Waals surface area (Å²) in [5.41, 5.74) is 8.86. The topological polar surface area (TPSA) is 77.3 Å². The fourth-order valence-electron chi connectivity index (χ4n) is 4.01. The summed E-state index contributed by atoms with van der Waals surface area (Å²) in [6.07, 6.45) is 1.85. The van der Waals surface area contributed by atoms with Crippen molar-refractivity contribution in [1.82, 2.24) is 4.98 Å². The van der Waals surface area contributed by atoms with Gasteiger partial charge in [-0.15, -0.1) is 0 Å². The van der Waals surface area contributed by atoms with Crippen molar-refractivity contribution in [2.24, 2.45) is 5.73 Å². The molecule has 1 amide bonds. The maximum Gasteiger partial charge on any atom is 0.249 e. The van der Waals surface area contributed by atoms with Crippen LogP contribution >= 0.6 is 11.6 Å². The van der Waals surface area contributed by atoms with E-state index in [2.05, 4.69) is 4.98 Å². The first-order valence-electron chi connectivity index (χ1n) is 10.7. The van der Waals surface area contributed by atoms with Gasteiger partial charge in [0.25, 0.3) is 0 Å². The largest absolute Gasteiger partial charge is 0.488 e. The molecule has 3 N–H and O–H groups in total. The number of aromatic amines is 1. The summed E-state index contributed by atoms with van der Waals surface area (Å²) in [6, 6.07) is 22.1. The molecule has 1 atom stereocenters. The van der Waals surface area contributed by atoms with Crippen LogP contribution < -0.4 is 10.5 Å². The first kappa shape index (κ1) is 23.5. The van der Waals surface area contributed by atoms with E-state index in [1.807, 2.05) is 54.7 Å². The van der Waals surface area contributed by atoms with Crippen LogP contribution in [0.15, 0.2) is 79.0 Å². The van der Waals surface area contributed by atoms with Crippen LogP contribution in [0.25, 0.3) is 11.1 Å². The molecular formula is C27H24ClFN2O3. The van der Waals surface area contributed by atoms with Crippen molar-refractivity contribution < 1.29 is 18.7 Å². The molecule has 0 fully saturated rings. The molecule has 0 aliphatic heterocycles. The number of hydrogen-bond acceptors (Lipinski definition) is 3. The highest BCUT2D eigenvalue weighted by atomic mass is 35.5. The molecule has 0 aliphatic carbocycles. The molecule has 7 heteroatoms. The van der Waals surface area contributed by atoms with Gasteiger partial charge >= 0.3 is 0 Å². The summed E-state index contributed by atoms with van der Waals surface area (Å²) >= 11 is 6.55. The number of carbonyl (C=O) groups excluding carboxylic acids is 1. The summed E-state index contributed by atoms with van der Waals surface area (Å²) in [6.45, 7) is 0.441. The first-order chi connectivity index (χ1) is 16.5. The maximum atomic E-state index is 15.7. The van der Waals surface area contributed by atoms with Gasteiger partial charge in [-0.2, -0.15) is 0 Å². The molecular weight excluding hydrogens is 455 g/mol. The Kier molecular flexibility index (Phi) is 7.30. The van der Waals surface area contributed by atoms with Crippen molar-refractivity contribution in [2.75, 3.05) is 20.3 Å². The second-order valence-electron chi connectivity index (χ2n) is 7.71. The molecule has 0 saturated heterocycles. The Balaban J connectivity index is 1.88. The lowest BCUT2D eigenvalue weighted by molar-refractivity contribution is 0.1000. The predicted octanol–water partition coefficient (Wildman–Crippen LogP) is 5.78. The van der Waals surface area contributed by atoms with E-state index >= 15 is 4.39 Å². The number of carbonyl (C=O) groups is 1. The summed E-state index contributed by atoms with van der Waals surface area (Å²) in [5.74, 6) is -1.64. The standard InChI is InChI=1S/C27H24ClFN2O3/c1-33-14-15-34-23-12-10-19(27(30)32)25(26(23)29)20-16-18(9-11-21(20)28)24(22-8-5-13-31-22)17-6-3-2-4-7-17/h2-13,16,24,31H,14-15H2,1H3,(H2,30,32). The van der Waals surface area contributed by atoms with Crippen molar-refractivity contribution in [2.45, 2.75) is 5.92 Å². The number of ether oxygens (including phenoxy) is 2. The second-order valence-corrected chi connectivity index (χ2v) is 8.12. The van der Waals surface area contributed by atoms with Gasteiger partial charge in [-0.1, -0.05) is 48.0 Å². The van der Waals surface area contributed by atoms with Gasteiger partial charge < -0.3 is 20.2 Å². The second kappa shape index (κ2) is 10.5. The molecule has 174 valence electrons. The van der Waals surface area contributed by atoms with Gasteiger partial charge in [0.15, 0.2) is 11.6 Å². The van der Waals surface area contributed by atoms with Gasteiger partial charge in [-0.05, 0) is 47.5 Å². The van der Waals surface area contributed by atoms with Crippen LogP contribution in [-0.4, -0.2) is 31.2 Å². The molecule has 0 bridgehead atoms. The summed E-state index contributed by atoms with van der Waals surface area (Å²) in [5, 5.41) is 0.289. The van der Waals surface area contributed by atoms with E-state index in [1.165, 1.54) is 19.2 Å². The molecule has 0 radical (unpaired) electrons. The third-order valence-corrected chi connectivity index (χ3v) is 5.91. The molecule has 4 aromatic rings. The van der Waals surface area contributed by atoms with E-state index in [0.29, 0.717) is 5.56 Å². The number of amides is 1. The lowest BCUT2D eigenvalue weighted by atomic mass is 9.86. The number of nitrogens with two attached hydrogens (primary N) is 1. The van der Waals surface area contributed by atoms with Crippen LogP contribution in [0.4, 0.5) is 4.39 Å². The highest BCUT2D eigenvalue weighted by molar-refractivity contribution is 6.33. The summed E-state index contributed by atoms with van der Waals surface area (Å²) in [7, 11) is 1.53. The highest BCUT2D eigenvalue weighted by Gasteiger charge is 2.24. The van der Waals surface area contributed by atoms with E-state index < -0.39 is 11.7 Å². The Morgan fingerprint density at radius 1 is 1.03 bits per heavy atom. The van der Waals surface area contributed by atoms with Gasteiger partial charge in [0.05, 0.1) is 12.2 Å². The molecule has 3 aromatic carbocycles. The molecule has 1 unspecified atom stereocenters. The number of H-pyrrole nitrogens is 1. The number of nitrogens with one attached hydrogen (secondary N) is 1. The normalized spacial score (nSPS) is 11.9. The Labute approximate surface area is 202 Å². The zero-order valence-corrected chi connectivity index (χ0v) is 19.3. The Morgan fingerprint density at radius 2 is 1.82 bits per heavy atom. The number of methoxy groups -OCH3 is 1. The predicted molar refractivity (Wildman–Crippen MR) is 131 cm³/mol. The van der Waals surface area contributed by atoms with Crippen LogP contribution in [-0.2, 0) is 4.74 Å². The lowest BCUT2D eigenvalue weighted by Crippen LogP contribution is -2.15. The average Bonchev–Trinajstić information content (AvgIpc) is 3.36. The Hall–Kier alpha value is -3.61. The van der Waals surface area contributed by atoms with Gasteiger partial charge in [0, 0.05) is 41.1 Å². The number of benzene rings is 3. The van der Waals surface area contributed by atoms with Gasteiger partial charge in [-0.3, -0.25) is 4.79 Å². The highest BCUT2D eigenvalue weighted by Crippen LogP contribution is 2.40. The van der Waals surface area contributed by atoms with E-state index in [4.69, 9.17) is 26.8 Å². The van der Waals surface area contributed by atoms with Gasteiger partial charge in [0.1, 0.15) is 6.61 Å². The van der Waals surface area contributed by atoms with Crippen LogP contribution in [0.5, 0.6) is 5.75 Å². The van der Waals surface area contributed by atoms with Gasteiger partial charge in [-0.25, -0.2) is 4.39 Å². The summed E-state index contributed by atoms with van der Waals surface area (Å²) < 4.78 is 26.2. The number of primary amides is 1. The van der Waals surface area contributed by atoms with Crippen molar-refractivity contribution in [3.63, 3.8) is 0 Å².